The molecule has 0 saturated carbocycles. The van der Waals surface area contributed by atoms with Gasteiger partial charge in [0.2, 0.25) is 0 Å². The average molecular weight is 124 g/mol. The fraction of sp³-hybridized carbons (Fsp3) is 1.00. The standard InChI is InChI=1S/C2H6NO3S/c1-3-7(4,5)6-2/h1-2H3. The molecule has 4 nitrogen and oxygen atoms in total. The molecule has 0 heterocycles. The smallest absolute Gasteiger partial charge is 0.260 e. The summed E-state index contributed by atoms with van der Waals surface area (Å²) in [6.45, 7) is 0. The van der Waals surface area contributed by atoms with Crippen LogP contribution in [0.15, 0.2) is 0 Å². The van der Waals surface area contributed by atoms with Crippen LogP contribution in [0.5, 0.6) is 0 Å². The third-order valence-corrected chi connectivity index (χ3v) is 1.30. The van der Waals surface area contributed by atoms with Gasteiger partial charge in [-0.2, -0.15) is 8.42 Å². The minimum atomic E-state index is -3.53. The van der Waals surface area contributed by atoms with Crippen molar-refractivity contribution < 1.29 is 12.6 Å². The molecule has 0 saturated heterocycles. The Hall–Kier alpha value is -0.130. The molecule has 0 bridgehead atoms. The molecule has 0 aliphatic heterocycles. The Kier molecular flexibility index (Phi) is 2.21. The van der Waals surface area contributed by atoms with Crippen LogP contribution in [0, 0.1) is 0 Å². The van der Waals surface area contributed by atoms with Gasteiger partial charge >= 0.3 is 10.3 Å². The zero-order valence-corrected chi connectivity index (χ0v) is 4.90. The van der Waals surface area contributed by atoms with Crippen LogP contribution in [0.3, 0.4) is 0 Å². The zero-order chi connectivity index (χ0) is 5.91. The van der Waals surface area contributed by atoms with Crippen molar-refractivity contribution in [2.75, 3.05) is 14.2 Å². The van der Waals surface area contributed by atoms with Crippen LogP contribution in [0.25, 0.3) is 0 Å². The van der Waals surface area contributed by atoms with Gasteiger partial charge in [0.1, 0.15) is 0 Å². The van der Waals surface area contributed by atoms with Gasteiger partial charge in [-0.05, 0) is 0 Å². The Balaban J connectivity index is 3.89. The van der Waals surface area contributed by atoms with Crippen molar-refractivity contribution in [3.05, 3.63) is 0 Å². The molecule has 0 spiro atoms. The molecule has 1 radical (unpaired) electrons. The molecular formula is C2H6NO3S. The van der Waals surface area contributed by atoms with Gasteiger partial charge < -0.3 is 0 Å². The van der Waals surface area contributed by atoms with Gasteiger partial charge in [-0.25, -0.2) is 0 Å². The number of hydrogen-bond donors (Lipinski definition) is 0. The van der Waals surface area contributed by atoms with Crippen LogP contribution in [0.4, 0.5) is 0 Å². The highest BCUT2D eigenvalue weighted by molar-refractivity contribution is 7.84. The molecule has 0 N–H and O–H groups in total. The van der Waals surface area contributed by atoms with Crippen molar-refractivity contribution in [2.24, 2.45) is 0 Å². The average Bonchev–Trinajstić information content (AvgIpc) is 1.68. The molecule has 0 aliphatic rings. The highest BCUT2D eigenvalue weighted by Gasteiger charge is 2.01. The molecule has 0 fully saturated rings. The molecule has 0 atom stereocenters. The summed E-state index contributed by atoms with van der Waals surface area (Å²) in [5.74, 6) is 0. The van der Waals surface area contributed by atoms with Crippen molar-refractivity contribution in [1.82, 2.24) is 4.72 Å². The summed E-state index contributed by atoms with van der Waals surface area (Å²) in [6, 6.07) is 0. The lowest BCUT2D eigenvalue weighted by Gasteiger charge is -1.90. The first kappa shape index (κ1) is 6.87. The Bertz CT molecular complexity index is 116. The molecule has 7 heavy (non-hydrogen) atoms. The fourth-order valence-corrected chi connectivity index (χ4v) is 0.224. The first-order chi connectivity index (χ1) is 3.12. The summed E-state index contributed by atoms with van der Waals surface area (Å²) in [6.07, 6.45) is 0. The van der Waals surface area contributed by atoms with Crippen LogP contribution in [0.1, 0.15) is 0 Å². The van der Waals surface area contributed by atoms with Crippen molar-refractivity contribution >= 4 is 10.3 Å². The van der Waals surface area contributed by atoms with E-state index in [0.717, 1.165) is 14.2 Å². The Morgan fingerprint density at radius 3 is 2.00 bits per heavy atom. The topological polar surface area (TPSA) is 57.5 Å². The van der Waals surface area contributed by atoms with Gasteiger partial charge in [-0.15, -0.1) is 0 Å². The summed E-state index contributed by atoms with van der Waals surface area (Å²) in [7, 11) is -1.32. The second-order valence-corrected chi connectivity index (χ2v) is 2.33. The van der Waals surface area contributed by atoms with E-state index in [1.165, 1.54) is 0 Å². The largest absolute Gasteiger partial charge is 0.352 e. The Labute approximate surface area is 42.7 Å². The molecule has 0 rings (SSSR count). The number of nitrogens with zero attached hydrogens (tertiary/aromatic N) is 1. The SMILES string of the molecule is C[N]S(=O)(=O)OC. The third-order valence-electron chi connectivity index (χ3n) is 0.434. The third kappa shape index (κ3) is 2.55. The maximum Gasteiger partial charge on any atom is 0.352 e. The number of hydrogen-bond acceptors (Lipinski definition) is 3. The Morgan fingerprint density at radius 2 is 2.00 bits per heavy atom. The summed E-state index contributed by atoms with van der Waals surface area (Å²) >= 11 is 0. The van der Waals surface area contributed by atoms with E-state index < -0.39 is 10.3 Å². The van der Waals surface area contributed by atoms with Crippen LogP contribution in [-0.2, 0) is 14.5 Å². The van der Waals surface area contributed by atoms with E-state index in [9.17, 15) is 8.42 Å². The van der Waals surface area contributed by atoms with E-state index in [1.807, 2.05) is 0 Å². The maximum absolute atomic E-state index is 9.98. The predicted octanol–water partition coefficient (Wildman–Crippen LogP) is -0.888. The Morgan fingerprint density at radius 1 is 1.57 bits per heavy atom. The monoisotopic (exact) mass is 124 g/mol. The number of rotatable bonds is 2. The van der Waals surface area contributed by atoms with E-state index in [1.54, 1.807) is 0 Å². The van der Waals surface area contributed by atoms with E-state index in [4.69, 9.17) is 0 Å². The van der Waals surface area contributed by atoms with E-state index in [-0.39, 0.29) is 0 Å². The first-order valence-electron chi connectivity index (χ1n) is 1.54. The molecule has 0 amide bonds. The first-order valence-corrected chi connectivity index (χ1v) is 2.90. The minimum absolute atomic E-state index is 1.06. The van der Waals surface area contributed by atoms with Gasteiger partial charge in [0, 0.05) is 7.05 Å². The van der Waals surface area contributed by atoms with E-state index in [2.05, 4.69) is 8.91 Å². The summed E-state index contributed by atoms with van der Waals surface area (Å²) in [4.78, 5) is 0. The minimum Gasteiger partial charge on any atom is -0.260 e. The lowest BCUT2D eigenvalue weighted by atomic mass is 11.6. The van der Waals surface area contributed by atoms with Gasteiger partial charge in [-0.3, -0.25) is 4.18 Å². The molecule has 43 valence electrons. The molecule has 0 aliphatic carbocycles. The van der Waals surface area contributed by atoms with Gasteiger partial charge in [0.15, 0.2) is 0 Å². The second kappa shape index (κ2) is 2.25. The van der Waals surface area contributed by atoms with Crippen LogP contribution in [0.2, 0.25) is 0 Å². The highest BCUT2D eigenvalue weighted by Crippen LogP contribution is 1.78. The molecule has 0 aromatic heterocycles. The van der Waals surface area contributed by atoms with Gasteiger partial charge in [0.25, 0.3) is 0 Å². The van der Waals surface area contributed by atoms with E-state index >= 15 is 0 Å². The molecule has 0 aromatic rings. The van der Waals surface area contributed by atoms with Crippen LogP contribution < -0.4 is 4.72 Å². The van der Waals surface area contributed by atoms with Crippen molar-refractivity contribution in [1.29, 1.82) is 0 Å². The molecule has 0 unspecified atom stereocenters. The fourth-order valence-electron chi connectivity index (χ4n) is 0.0745. The van der Waals surface area contributed by atoms with Crippen molar-refractivity contribution in [3.8, 4) is 0 Å². The lowest BCUT2D eigenvalue weighted by Crippen LogP contribution is -2.12. The summed E-state index contributed by atoms with van der Waals surface area (Å²) in [5.41, 5.74) is 0. The highest BCUT2D eigenvalue weighted by atomic mass is 32.2. The van der Waals surface area contributed by atoms with Gasteiger partial charge in [0.05, 0.1) is 7.11 Å². The summed E-state index contributed by atoms with van der Waals surface area (Å²) < 4.78 is 26.7. The normalized spacial score (nSPS) is 11.7. The quantitative estimate of drug-likeness (QED) is 0.480. The van der Waals surface area contributed by atoms with Crippen molar-refractivity contribution in [3.63, 3.8) is 0 Å². The molecular weight excluding hydrogens is 118 g/mol. The zero-order valence-electron chi connectivity index (χ0n) is 4.08. The second-order valence-electron chi connectivity index (χ2n) is 0.777. The lowest BCUT2D eigenvalue weighted by molar-refractivity contribution is 0.390. The van der Waals surface area contributed by atoms with Crippen LogP contribution >= 0.6 is 0 Å². The predicted molar refractivity (Wildman–Crippen MR) is 24.0 cm³/mol. The summed E-state index contributed by atoms with van der Waals surface area (Å²) in [5, 5.41) is 0. The van der Waals surface area contributed by atoms with Crippen molar-refractivity contribution in [2.45, 2.75) is 0 Å². The van der Waals surface area contributed by atoms with Crippen LogP contribution in [-0.4, -0.2) is 22.6 Å². The molecule has 5 heteroatoms. The van der Waals surface area contributed by atoms with E-state index in [0.29, 0.717) is 0 Å². The van der Waals surface area contributed by atoms with Gasteiger partial charge in [-0.1, -0.05) is 4.72 Å². The molecule has 0 aromatic carbocycles. The maximum atomic E-state index is 9.98.